The first-order valence-electron chi connectivity index (χ1n) is 6.96. The molecule has 1 atom stereocenters. The maximum atomic E-state index is 11.8. The molecule has 0 aliphatic carbocycles. The van der Waals surface area contributed by atoms with Gasteiger partial charge in [0.2, 0.25) is 5.91 Å². The van der Waals surface area contributed by atoms with Crippen LogP contribution in [0.1, 0.15) is 51.4 Å². The van der Waals surface area contributed by atoms with Gasteiger partial charge in [0.05, 0.1) is 6.04 Å². The van der Waals surface area contributed by atoms with Gasteiger partial charge in [0.25, 0.3) is 0 Å². The molecule has 17 heavy (non-hydrogen) atoms. The third-order valence-corrected chi connectivity index (χ3v) is 3.26. The number of hydrogen-bond acceptors (Lipinski definition) is 3. The molecule has 1 unspecified atom stereocenters. The van der Waals surface area contributed by atoms with Crippen molar-refractivity contribution in [1.29, 1.82) is 0 Å². The summed E-state index contributed by atoms with van der Waals surface area (Å²) in [6.45, 7) is 2.01. The summed E-state index contributed by atoms with van der Waals surface area (Å²) in [5.41, 5.74) is 0. The van der Waals surface area contributed by atoms with Crippen molar-refractivity contribution in [3.8, 4) is 0 Å². The molecular formula is C13H26N2O2. The standard InChI is InChI=1S/C13H26N2O2/c16-11-7-2-1-5-10-15-13(17)12-8-4-3-6-9-14-12/h12,14,16H,1-11H2,(H,15,17). The Morgan fingerprint density at radius 1 is 1.18 bits per heavy atom. The Morgan fingerprint density at radius 3 is 2.82 bits per heavy atom. The number of hydrogen-bond donors (Lipinski definition) is 3. The van der Waals surface area contributed by atoms with E-state index >= 15 is 0 Å². The van der Waals surface area contributed by atoms with Gasteiger partial charge in [-0.2, -0.15) is 0 Å². The fraction of sp³-hybridized carbons (Fsp3) is 0.923. The molecule has 1 heterocycles. The highest BCUT2D eigenvalue weighted by atomic mass is 16.2. The van der Waals surface area contributed by atoms with Crippen LogP contribution in [0.2, 0.25) is 0 Å². The Labute approximate surface area is 104 Å². The Morgan fingerprint density at radius 2 is 2.00 bits per heavy atom. The van der Waals surface area contributed by atoms with Crippen molar-refractivity contribution in [1.82, 2.24) is 10.6 Å². The van der Waals surface area contributed by atoms with E-state index in [1.807, 2.05) is 0 Å². The lowest BCUT2D eigenvalue weighted by Crippen LogP contribution is -2.43. The molecule has 3 N–H and O–H groups in total. The maximum absolute atomic E-state index is 11.8. The lowest BCUT2D eigenvalue weighted by atomic mass is 10.1. The molecule has 0 aromatic heterocycles. The van der Waals surface area contributed by atoms with Crippen LogP contribution in [0.5, 0.6) is 0 Å². The van der Waals surface area contributed by atoms with E-state index in [1.165, 1.54) is 12.8 Å². The molecule has 1 aliphatic heterocycles. The van der Waals surface area contributed by atoms with Crippen molar-refractivity contribution in [3.05, 3.63) is 0 Å². The van der Waals surface area contributed by atoms with E-state index in [9.17, 15) is 4.79 Å². The zero-order chi connectivity index (χ0) is 12.3. The summed E-state index contributed by atoms with van der Waals surface area (Å²) in [6.07, 6.45) is 8.56. The number of unbranched alkanes of at least 4 members (excludes halogenated alkanes) is 3. The number of carbonyl (C=O) groups is 1. The van der Waals surface area contributed by atoms with E-state index in [1.54, 1.807) is 0 Å². The first kappa shape index (κ1) is 14.5. The van der Waals surface area contributed by atoms with Gasteiger partial charge in [-0.15, -0.1) is 0 Å². The molecule has 0 radical (unpaired) electrons. The molecule has 1 saturated heterocycles. The second kappa shape index (κ2) is 9.42. The van der Waals surface area contributed by atoms with E-state index in [4.69, 9.17) is 5.11 Å². The van der Waals surface area contributed by atoms with Gasteiger partial charge in [0.15, 0.2) is 0 Å². The zero-order valence-corrected chi connectivity index (χ0v) is 10.7. The van der Waals surface area contributed by atoms with Crippen molar-refractivity contribution in [3.63, 3.8) is 0 Å². The molecule has 0 bridgehead atoms. The van der Waals surface area contributed by atoms with E-state index in [0.717, 1.165) is 51.6 Å². The molecule has 0 aromatic rings. The van der Waals surface area contributed by atoms with Crippen LogP contribution < -0.4 is 10.6 Å². The predicted octanol–water partition coefficient (Wildman–Crippen LogP) is 1.19. The van der Waals surface area contributed by atoms with Gasteiger partial charge < -0.3 is 15.7 Å². The molecular weight excluding hydrogens is 216 g/mol. The van der Waals surface area contributed by atoms with Gasteiger partial charge in [-0.25, -0.2) is 0 Å². The minimum atomic E-state index is 0.0231. The van der Waals surface area contributed by atoms with E-state index in [-0.39, 0.29) is 18.6 Å². The summed E-state index contributed by atoms with van der Waals surface area (Å²) >= 11 is 0. The molecule has 1 amide bonds. The number of rotatable bonds is 7. The predicted molar refractivity (Wildman–Crippen MR) is 68.8 cm³/mol. The molecule has 1 fully saturated rings. The van der Waals surface area contributed by atoms with Crippen LogP contribution in [0.4, 0.5) is 0 Å². The summed E-state index contributed by atoms with van der Waals surface area (Å²) < 4.78 is 0. The van der Waals surface area contributed by atoms with E-state index in [0.29, 0.717) is 0 Å². The van der Waals surface area contributed by atoms with Gasteiger partial charge in [0, 0.05) is 13.2 Å². The quantitative estimate of drug-likeness (QED) is 0.588. The number of nitrogens with one attached hydrogen (secondary N) is 2. The molecule has 0 saturated carbocycles. The number of aliphatic hydroxyl groups excluding tert-OH is 1. The number of amides is 1. The third-order valence-electron chi connectivity index (χ3n) is 3.26. The summed E-state index contributed by atoms with van der Waals surface area (Å²) in [5, 5.41) is 14.9. The summed E-state index contributed by atoms with van der Waals surface area (Å²) in [4.78, 5) is 11.8. The Bertz CT molecular complexity index is 202. The zero-order valence-electron chi connectivity index (χ0n) is 10.7. The van der Waals surface area contributed by atoms with Gasteiger partial charge in [-0.05, 0) is 32.2 Å². The minimum absolute atomic E-state index is 0.0231. The van der Waals surface area contributed by atoms with Gasteiger partial charge in [-0.3, -0.25) is 4.79 Å². The van der Waals surface area contributed by atoms with E-state index < -0.39 is 0 Å². The smallest absolute Gasteiger partial charge is 0.237 e. The van der Waals surface area contributed by atoms with Gasteiger partial charge in [-0.1, -0.05) is 25.7 Å². The van der Waals surface area contributed by atoms with Crippen LogP contribution >= 0.6 is 0 Å². The normalized spacial score (nSPS) is 20.9. The molecule has 4 heteroatoms. The van der Waals surface area contributed by atoms with Crippen molar-refractivity contribution < 1.29 is 9.90 Å². The van der Waals surface area contributed by atoms with Crippen LogP contribution in [0, 0.1) is 0 Å². The monoisotopic (exact) mass is 242 g/mol. The van der Waals surface area contributed by atoms with Crippen LogP contribution in [-0.4, -0.2) is 36.8 Å². The first-order valence-corrected chi connectivity index (χ1v) is 6.96. The molecule has 0 aromatic carbocycles. The van der Waals surface area contributed by atoms with Crippen molar-refractivity contribution in [2.24, 2.45) is 0 Å². The van der Waals surface area contributed by atoms with Gasteiger partial charge in [0.1, 0.15) is 0 Å². The molecule has 1 aliphatic rings. The number of aliphatic hydroxyl groups is 1. The fourth-order valence-electron chi connectivity index (χ4n) is 2.18. The second-order valence-electron chi connectivity index (χ2n) is 4.78. The van der Waals surface area contributed by atoms with Crippen molar-refractivity contribution >= 4 is 5.91 Å². The Balaban J connectivity index is 2.03. The maximum Gasteiger partial charge on any atom is 0.237 e. The van der Waals surface area contributed by atoms with Crippen LogP contribution in [0.3, 0.4) is 0 Å². The first-order chi connectivity index (χ1) is 8.34. The van der Waals surface area contributed by atoms with E-state index in [2.05, 4.69) is 10.6 Å². The molecule has 0 spiro atoms. The highest BCUT2D eigenvalue weighted by Gasteiger charge is 2.18. The lowest BCUT2D eigenvalue weighted by molar-refractivity contribution is -0.123. The Kier molecular flexibility index (Phi) is 8.01. The number of carbonyl (C=O) groups excluding carboxylic acids is 1. The van der Waals surface area contributed by atoms with Crippen LogP contribution in [-0.2, 0) is 4.79 Å². The topological polar surface area (TPSA) is 61.4 Å². The average Bonchev–Trinajstić information content (AvgIpc) is 2.62. The SMILES string of the molecule is O=C(NCCCCCCO)C1CCCCCN1. The Hall–Kier alpha value is -0.610. The fourth-order valence-corrected chi connectivity index (χ4v) is 2.18. The highest BCUT2D eigenvalue weighted by molar-refractivity contribution is 5.81. The highest BCUT2D eigenvalue weighted by Crippen LogP contribution is 2.08. The largest absolute Gasteiger partial charge is 0.396 e. The van der Waals surface area contributed by atoms with Gasteiger partial charge >= 0.3 is 0 Å². The molecule has 1 rings (SSSR count). The molecule has 100 valence electrons. The van der Waals surface area contributed by atoms with Crippen molar-refractivity contribution in [2.75, 3.05) is 19.7 Å². The summed E-state index contributed by atoms with van der Waals surface area (Å²) in [7, 11) is 0. The van der Waals surface area contributed by atoms with Crippen LogP contribution in [0.25, 0.3) is 0 Å². The lowest BCUT2D eigenvalue weighted by Gasteiger charge is -2.15. The summed E-state index contributed by atoms with van der Waals surface area (Å²) in [6, 6.07) is 0.0231. The average molecular weight is 242 g/mol. The summed E-state index contributed by atoms with van der Waals surface area (Å²) in [5.74, 6) is 0.161. The van der Waals surface area contributed by atoms with Crippen molar-refractivity contribution in [2.45, 2.75) is 57.4 Å². The minimum Gasteiger partial charge on any atom is -0.396 e. The second-order valence-corrected chi connectivity index (χ2v) is 4.78. The van der Waals surface area contributed by atoms with Crippen LogP contribution in [0.15, 0.2) is 0 Å². The molecule has 4 nitrogen and oxygen atoms in total. The third kappa shape index (κ3) is 6.64.